The fraction of sp³-hybridized carbons (Fsp3) is 0.190. The van der Waals surface area contributed by atoms with Gasteiger partial charge in [0.25, 0.3) is 0 Å². The van der Waals surface area contributed by atoms with Gasteiger partial charge in [0.15, 0.2) is 0 Å². The van der Waals surface area contributed by atoms with Gasteiger partial charge in [0.2, 0.25) is 0 Å². The van der Waals surface area contributed by atoms with E-state index in [0.29, 0.717) is 6.61 Å². The first-order valence-electron chi connectivity index (χ1n) is 8.11. The maximum atomic E-state index is 9.20. The average molecular weight is 348 g/mol. The number of benzene rings is 2. The normalized spacial score (nSPS) is 10.3. The second-order valence-electron chi connectivity index (χ2n) is 5.90. The van der Waals surface area contributed by atoms with Gasteiger partial charge in [0, 0.05) is 18.3 Å². The zero-order valence-electron chi connectivity index (χ0n) is 14.6. The average Bonchev–Trinajstić information content (AvgIpc) is 3.10. The van der Waals surface area contributed by atoms with E-state index in [9.17, 15) is 5.26 Å². The van der Waals surface area contributed by atoms with Gasteiger partial charge in [-0.3, -0.25) is 0 Å². The number of hydrogen-bond acceptors (Lipinski definition) is 4. The highest BCUT2D eigenvalue weighted by molar-refractivity contribution is 7.13. The molecule has 0 aliphatic carbocycles. The minimum Gasteiger partial charge on any atom is -0.489 e. The van der Waals surface area contributed by atoms with Gasteiger partial charge in [-0.05, 0) is 66.2 Å². The van der Waals surface area contributed by atoms with Gasteiger partial charge in [-0.1, -0.05) is 12.1 Å². The molecule has 0 saturated carbocycles. The van der Waals surface area contributed by atoms with Crippen molar-refractivity contribution in [3.63, 3.8) is 0 Å². The number of nitrogens with one attached hydrogen (secondary N) is 1. The Labute approximate surface area is 152 Å². The Hall–Kier alpha value is -2.77. The lowest BCUT2D eigenvalue weighted by molar-refractivity contribution is 0.304. The van der Waals surface area contributed by atoms with E-state index >= 15 is 0 Å². The molecule has 1 heterocycles. The van der Waals surface area contributed by atoms with Crippen LogP contribution in [0.15, 0.2) is 47.8 Å². The fourth-order valence-corrected chi connectivity index (χ4v) is 3.70. The summed E-state index contributed by atoms with van der Waals surface area (Å²) < 4.78 is 6.07. The minimum atomic E-state index is 0.519. The Morgan fingerprint density at radius 3 is 2.68 bits per heavy atom. The van der Waals surface area contributed by atoms with Gasteiger partial charge in [0.05, 0.1) is 10.4 Å². The summed E-state index contributed by atoms with van der Waals surface area (Å²) >= 11 is 1.59. The summed E-state index contributed by atoms with van der Waals surface area (Å²) in [7, 11) is 1.92. The highest BCUT2D eigenvalue weighted by atomic mass is 32.1. The summed E-state index contributed by atoms with van der Waals surface area (Å²) in [5.74, 6) is 0.865. The van der Waals surface area contributed by atoms with Crippen LogP contribution in [0.25, 0.3) is 10.4 Å². The van der Waals surface area contributed by atoms with Crippen molar-refractivity contribution in [2.24, 2.45) is 0 Å². The maximum Gasteiger partial charge on any atom is 0.122 e. The molecule has 3 nitrogen and oxygen atoms in total. The third kappa shape index (κ3) is 3.52. The van der Waals surface area contributed by atoms with Crippen molar-refractivity contribution in [2.75, 3.05) is 12.4 Å². The van der Waals surface area contributed by atoms with Crippen LogP contribution >= 0.6 is 11.3 Å². The van der Waals surface area contributed by atoms with Crippen LogP contribution in [0.5, 0.6) is 5.75 Å². The molecule has 0 fully saturated rings. The fourth-order valence-electron chi connectivity index (χ4n) is 2.85. The SMILES string of the molecule is CNc1cccc(C)c1COc1ccc(-c2sccc2C#N)cc1C. The first-order chi connectivity index (χ1) is 12.1. The second-order valence-corrected chi connectivity index (χ2v) is 6.81. The summed E-state index contributed by atoms with van der Waals surface area (Å²) in [6, 6.07) is 16.4. The molecular formula is C21H20N2OS. The van der Waals surface area contributed by atoms with Crippen LogP contribution in [-0.4, -0.2) is 7.05 Å². The largest absolute Gasteiger partial charge is 0.489 e. The van der Waals surface area contributed by atoms with Crippen LogP contribution in [0.1, 0.15) is 22.3 Å². The molecule has 25 heavy (non-hydrogen) atoms. The predicted octanol–water partition coefficient (Wildman–Crippen LogP) is 5.52. The van der Waals surface area contributed by atoms with Crippen LogP contribution in [0.2, 0.25) is 0 Å². The number of rotatable bonds is 5. The Balaban J connectivity index is 1.82. The molecule has 4 heteroatoms. The van der Waals surface area contributed by atoms with Crippen molar-refractivity contribution in [1.82, 2.24) is 0 Å². The standard InChI is InChI=1S/C21H20N2OS/c1-14-5-4-6-19(23-3)18(14)13-24-20-8-7-16(11-15(20)2)21-17(12-22)9-10-25-21/h4-11,23H,13H2,1-3H3. The van der Waals surface area contributed by atoms with Gasteiger partial charge in [-0.25, -0.2) is 0 Å². The molecular weight excluding hydrogens is 328 g/mol. The smallest absolute Gasteiger partial charge is 0.122 e. The van der Waals surface area contributed by atoms with Gasteiger partial charge in [0.1, 0.15) is 18.4 Å². The lowest BCUT2D eigenvalue weighted by Gasteiger charge is -2.15. The number of nitriles is 1. The Morgan fingerprint density at radius 2 is 1.96 bits per heavy atom. The van der Waals surface area contributed by atoms with Crippen molar-refractivity contribution in [3.8, 4) is 22.3 Å². The van der Waals surface area contributed by atoms with Gasteiger partial charge in [-0.2, -0.15) is 5.26 Å². The van der Waals surface area contributed by atoms with Crippen LogP contribution in [0.3, 0.4) is 0 Å². The number of anilines is 1. The molecule has 126 valence electrons. The van der Waals surface area contributed by atoms with Crippen molar-refractivity contribution in [3.05, 3.63) is 70.1 Å². The molecule has 0 saturated heterocycles. The molecule has 1 N–H and O–H groups in total. The number of aryl methyl sites for hydroxylation is 2. The van der Waals surface area contributed by atoms with E-state index in [2.05, 4.69) is 36.5 Å². The summed E-state index contributed by atoms with van der Waals surface area (Å²) in [5.41, 5.74) is 6.30. The number of thiophene rings is 1. The highest BCUT2D eigenvalue weighted by Crippen LogP contribution is 2.33. The third-order valence-corrected chi connectivity index (χ3v) is 5.24. The Bertz CT molecular complexity index is 937. The first-order valence-corrected chi connectivity index (χ1v) is 8.99. The topological polar surface area (TPSA) is 45.0 Å². The first kappa shape index (κ1) is 17.1. The summed E-state index contributed by atoms with van der Waals surface area (Å²) in [6.07, 6.45) is 0. The van der Waals surface area contributed by atoms with Crippen LogP contribution < -0.4 is 10.1 Å². The van der Waals surface area contributed by atoms with E-state index in [1.165, 1.54) is 11.1 Å². The molecule has 3 aromatic rings. The van der Waals surface area contributed by atoms with E-state index in [1.807, 2.05) is 43.6 Å². The summed E-state index contributed by atoms with van der Waals surface area (Å²) in [6.45, 7) is 4.65. The molecule has 0 aliphatic heterocycles. The van der Waals surface area contributed by atoms with Gasteiger partial charge >= 0.3 is 0 Å². The Morgan fingerprint density at radius 1 is 1.12 bits per heavy atom. The number of hydrogen-bond donors (Lipinski definition) is 1. The van der Waals surface area contributed by atoms with Crippen molar-refractivity contribution >= 4 is 17.0 Å². The van der Waals surface area contributed by atoms with Crippen molar-refractivity contribution < 1.29 is 4.74 Å². The van der Waals surface area contributed by atoms with E-state index in [1.54, 1.807) is 11.3 Å². The quantitative estimate of drug-likeness (QED) is 0.660. The van der Waals surface area contributed by atoms with Gasteiger partial charge in [-0.15, -0.1) is 11.3 Å². The Kier molecular flexibility index (Phi) is 5.06. The maximum absolute atomic E-state index is 9.20. The van der Waals surface area contributed by atoms with Gasteiger partial charge < -0.3 is 10.1 Å². The van der Waals surface area contributed by atoms with Crippen LogP contribution in [0, 0.1) is 25.2 Å². The van der Waals surface area contributed by atoms with Crippen molar-refractivity contribution in [2.45, 2.75) is 20.5 Å². The minimum absolute atomic E-state index is 0.519. The molecule has 0 radical (unpaired) electrons. The summed E-state index contributed by atoms with van der Waals surface area (Å²) in [4.78, 5) is 1.01. The molecule has 0 unspecified atom stereocenters. The highest BCUT2D eigenvalue weighted by Gasteiger charge is 2.10. The predicted molar refractivity (Wildman–Crippen MR) is 104 cm³/mol. The summed E-state index contributed by atoms with van der Waals surface area (Å²) in [5, 5.41) is 14.4. The van der Waals surface area contributed by atoms with E-state index < -0.39 is 0 Å². The third-order valence-electron chi connectivity index (χ3n) is 4.27. The molecule has 0 amide bonds. The lowest BCUT2D eigenvalue weighted by Crippen LogP contribution is -2.03. The number of ether oxygens (including phenoxy) is 1. The number of nitrogens with zero attached hydrogens (tertiary/aromatic N) is 1. The molecule has 1 aromatic heterocycles. The monoisotopic (exact) mass is 348 g/mol. The van der Waals surface area contributed by atoms with E-state index in [0.717, 1.165) is 33.0 Å². The molecule has 2 aromatic carbocycles. The van der Waals surface area contributed by atoms with Crippen LogP contribution in [0.4, 0.5) is 5.69 Å². The molecule has 0 aliphatic rings. The lowest BCUT2D eigenvalue weighted by atomic mass is 10.1. The van der Waals surface area contributed by atoms with E-state index in [4.69, 9.17) is 4.74 Å². The second kappa shape index (κ2) is 7.42. The molecule has 3 rings (SSSR count). The van der Waals surface area contributed by atoms with Crippen LogP contribution in [-0.2, 0) is 6.61 Å². The molecule has 0 atom stereocenters. The zero-order chi connectivity index (χ0) is 17.8. The van der Waals surface area contributed by atoms with E-state index in [-0.39, 0.29) is 0 Å². The molecule has 0 spiro atoms. The molecule has 0 bridgehead atoms. The van der Waals surface area contributed by atoms with Crippen molar-refractivity contribution in [1.29, 1.82) is 5.26 Å². The zero-order valence-corrected chi connectivity index (χ0v) is 15.4.